The molecule has 0 radical (unpaired) electrons. The molecule has 0 aliphatic rings. The largest absolute Gasteiger partial charge is 0.463 e. The lowest BCUT2D eigenvalue weighted by Crippen LogP contribution is -2.14. The molecule has 0 aromatic carbocycles. The van der Waals surface area contributed by atoms with E-state index < -0.39 is 6.67 Å². The number of hydrogen-bond donors (Lipinski definition) is 0. The van der Waals surface area contributed by atoms with Gasteiger partial charge in [-0.3, -0.25) is 4.79 Å². The van der Waals surface area contributed by atoms with Crippen LogP contribution in [0.5, 0.6) is 0 Å². The summed E-state index contributed by atoms with van der Waals surface area (Å²) in [5, 5.41) is 0. The highest BCUT2D eigenvalue weighted by Crippen LogP contribution is 1.85. The molecule has 0 aliphatic carbocycles. The van der Waals surface area contributed by atoms with E-state index in [0.29, 0.717) is 72.7 Å². The Kier molecular flexibility index (Phi) is 20.5. The van der Waals surface area contributed by atoms with Crippen LogP contribution in [-0.2, 0) is 38.0 Å². The van der Waals surface area contributed by atoms with Crippen LogP contribution in [0.2, 0.25) is 0 Å². The second-order valence-electron chi connectivity index (χ2n) is 4.70. The Morgan fingerprint density at radius 2 is 0.840 bits per heavy atom. The van der Waals surface area contributed by atoms with E-state index in [-0.39, 0.29) is 19.2 Å². The number of hydrogen-bond acceptors (Lipinski definition) is 8. The van der Waals surface area contributed by atoms with Gasteiger partial charge in [0.1, 0.15) is 13.3 Å². The summed E-state index contributed by atoms with van der Waals surface area (Å²) in [5.41, 5.74) is 0. The molecule has 0 heterocycles. The van der Waals surface area contributed by atoms with Crippen molar-refractivity contribution in [3.05, 3.63) is 0 Å². The first kappa shape index (κ1) is 24.2. The maximum Gasteiger partial charge on any atom is 0.302 e. The van der Waals surface area contributed by atoms with Crippen LogP contribution in [0, 0.1) is 0 Å². The Bertz CT molecular complexity index is 281. The van der Waals surface area contributed by atoms with Crippen LogP contribution < -0.4 is 0 Å². The Balaban J connectivity index is 2.97. The second kappa shape index (κ2) is 21.2. The molecule has 0 unspecified atom stereocenters. The maximum absolute atomic E-state index is 11.7. The highest BCUT2D eigenvalue weighted by atomic mass is 19.1. The third kappa shape index (κ3) is 23.2. The van der Waals surface area contributed by atoms with Gasteiger partial charge in [-0.15, -0.1) is 0 Å². The molecule has 150 valence electrons. The van der Waals surface area contributed by atoms with Gasteiger partial charge in [0.25, 0.3) is 0 Å². The zero-order valence-electron chi connectivity index (χ0n) is 15.0. The molecule has 0 N–H and O–H groups in total. The van der Waals surface area contributed by atoms with E-state index in [1.54, 1.807) is 0 Å². The lowest BCUT2D eigenvalue weighted by Gasteiger charge is -2.08. The van der Waals surface area contributed by atoms with Crippen LogP contribution >= 0.6 is 0 Å². The molecule has 0 aromatic rings. The molecule has 0 amide bonds. The number of halogens is 1. The van der Waals surface area contributed by atoms with E-state index >= 15 is 0 Å². The third-order valence-corrected chi connectivity index (χ3v) is 2.61. The molecule has 0 aromatic heterocycles. The summed E-state index contributed by atoms with van der Waals surface area (Å²) in [6, 6.07) is 0. The van der Waals surface area contributed by atoms with Crippen molar-refractivity contribution in [3.63, 3.8) is 0 Å². The van der Waals surface area contributed by atoms with Gasteiger partial charge < -0.3 is 33.2 Å². The zero-order valence-corrected chi connectivity index (χ0v) is 15.0. The van der Waals surface area contributed by atoms with Gasteiger partial charge in [-0.2, -0.15) is 0 Å². The van der Waals surface area contributed by atoms with Crippen molar-refractivity contribution < 1.29 is 42.3 Å². The van der Waals surface area contributed by atoms with Crippen molar-refractivity contribution in [2.45, 2.75) is 6.92 Å². The molecule has 0 saturated carbocycles. The molecular weight excluding hydrogens is 339 g/mol. The van der Waals surface area contributed by atoms with E-state index in [1.165, 1.54) is 6.92 Å². The van der Waals surface area contributed by atoms with Crippen molar-refractivity contribution in [1.82, 2.24) is 0 Å². The molecule has 0 saturated heterocycles. The highest BCUT2D eigenvalue weighted by molar-refractivity contribution is 5.65. The van der Waals surface area contributed by atoms with E-state index in [9.17, 15) is 9.18 Å². The van der Waals surface area contributed by atoms with Crippen LogP contribution in [-0.4, -0.2) is 98.5 Å². The van der Waals surface area contributed by atoms with Crippen LogP contribution in [0.15, 0.2) is 0 Å². The summed E-state index contributed by atoms with van der Waals surface area (Å²) in [7, 11) is 0. The SMILES string of the molecule is CC(=O)OCCOCCOCCOCCOCCOCCOCCF. The molecular formula is C16H31FO8. The highest BCUT2D eigenvalue weighted by Gasteiger charge is 1.95. The summed E-state index contributed by atoms with van der Waals surface area (Å²) in [4.78, 5) is 10.5. The fourth-order valence-electron chi connectivity index (χ4n) is 1.50. The molecule has 0 spiro atoms. The summed E-state index contributed by atoms with van der Waals surface area (Å²) in [5.74, 6) is -0.312. The predicted molar refractivity (Wildman–Crippen MR) is 87.5 cm³/mol. The first-order chi connectivity index (χ1) is 12.3. The maximum atomic E-state index is 11.7. The minimum Gasteiger partial charge on any atom is -0.463 e. The van der Waals surface area contributed by atoms with E-state index in [2.05, 4.69) is 0 Å². The molecule has 0 bridgehead atoms. The van der Waals surface area contributed by atoms with E-state index in [4.69, 9.17) is 33.2 Å². The minimum absolute atomic E-state index is 0.115. The van der Waals surface area contributed by atoms with Gasteiger partial charge in [0, 0.05) is 6.92 Å². The van der Waals surface area contributed by atoms with Crippen molar-refractivity contribution in [1.29, 1.82) is 0 Å². The normalized spacial score (nSPS) is 11.0. The van der Waals surface area contributed by atoms with Gasteiger partial charge in [0.2, 0.25) is 0 Å². The van der Waals surface area contributed by atoms with Gasteiger partial charge in [-0.05, 0) is 0 Å². The van der Waals surface area contributed by atoms with Gasteiger partial charge >= 0.3 is 5.97 Å². The molecule has 0 aliphatic heterocycles. The molecule has 0 fully saturated rings. The Morgan fingerprint density at radius 1 is 0.560 bits per heavy atom. The van der Waals surface area contributed by atoms with Crippen LogP contribution in [0.4, 0.5) is 4.39 Å². The molecule has 0 atom stereocenters. The molecule has 9 heteroatoms. The van der Waals surface area contributed by atoms with E-state index in [1.807, 2.05) is 0 Å². The number of carbonyl (C=O) groups excluding carboxylic acids is 1. The third-order valence-electron chi connectivity index (χ3n) is 2.61. The minimum atomic E-state index is -0.473. The van der Waals surface area contributed by atoms with Crippen molar-refractivity contribution >= 4 is 5.97 Å². The van der Waals surface area contributed by atoms with Crippen molar-refractivity contribution in [2.24, 2.45) is 0 Å². The first-order valence-corrected chi connectivity index (χ1v) is 8.43. The van der Waals surface area contributed by atoms with E-state index in [0.717, 1.165) is 0 Å². The summed E-state index contributed by atoms with van der Waals surface area (Å²) in [6.07, 6.45) is 0. The zero-order chi connectivity index (χ0) is 18.4. The first-order valence-electron chi connectivity index (χ1n) is 8.43. The van der Waals surface area contributed by atoms with Gasteiger partial charge in [0.15, 0.2) is 0 Å². The predicted octanol–water partition coefficient (Wildman–Crippen LogP) is 0.619. The molecule has 25 heavy (non-hydrogen) atoms. The van der Waals surface area contributed by atoms with Gasteiger partial charge in [-0.25, -0.2) is 4.39 Å². The number of rotatable bonds is 20. The van der Waals surface area contributed by atoms with Crippen LogP contribution in [0.1, 0.15) is 6.92 Å². The summed E-state index contributed by atoms with van der Waals surface area (Å²) < 4.78 is 47.7. The average molecular weight is 370 g/mol. The van der Waals surface area contributed by atoms with Gasteiger partial charge in [0.05, 0.1) is 79.3 Å². The number of ether oxygens (including phenoxy) is 7. The summed E-state index contributed by atoms with van der Waals surface area (Å²) >= 11 is 0. The fraction of sp³-hybridized carbons (Fsp3) is 0.938. The van der Waals surface area contributed by atoms with Crippen LogP contribution in [0.25, 0.3) is 0 Å². The summed E-state index contributed by atoms with van der Waals surface area (Å²) in [6.45, 7) is 6.26. The second-order valence-corrected chi connectivity index (χ2v) is 4.70. The average Bonchev–Trinajstić information content (AvgIpc) is 2.60. The molecule has 0 rings (SSSR count). The number of alkyl halides is 1. The lowest BCUT2D eigenvalue weighted by molar-refractivity contribution is -0.142. The fourth-order valence-corrected chi connectivity index (χ4v) is 1.50. The standard InChI is InChI=1S/C16H31FO8/c1-16(18)25-15-14-24-13-12-23-11-10-22-9-8-21-7-6-20-5-4-19-3-2-17/h2-15H2,1H3. The number of carbonyl (C=O) groups is 1. The topological polar surface area (TPSA) is 81.7 Å². The Labute approximate surface area is 148 Å². The Hall–Kier alpha value is -0.840. The van der Waals surface area contributed by atoms with Crippen molar-refractivity contribution in [3.8, 4) is 0 Å². The molecule has 8 nitrogen and oxygen atoms in total. The Morgan fingerprint density at radius 3 is 1.12 bits per heavy atom. The number of esters is 1. The van der Waals surface area contributed by atoms with Crippen molar-refractivity contribution in [2.75, 3.05) is 92.6 Å². The monoisotopic (exact) mass is 370 g/mol. The lowest BCUT2D eigenvalue weighted by atomic mass is 10.6. The van der Waals surface area contributed by atoms with Crippen LogP contribution in [0.3, 0.4) is 0 Å². The van der Waals surface area contributed by atoms with Gasteiger partial charge in [-0.1, -0.05) is 0 Å². The quantitative estimate of drug-likeness (QED) is 0.228. The smallest absolute Gasteiger partial charge is 0.302 e.